The van der Waals surface area contributed by atoms with E-state index in [2.05, 4.69) is 22.1 Å². The summed E-state index contributed by atoms with van der Waals surface area (Å²) >= 11 is 0. The number of benzene rings is 1. The van der Waals surface area contributed by atoms with Crippen molar-refractivity contribution in [3.8, 4) is 0 Å². The smallest absolute Gasteiger partial charge is 0.230 e. The summed E-state index contributed by atoms with van der Waals surface area (Å²) in [6.07, 6.45) is 7.03. The molecule has 0 aliphatic carbocycles. The minimum Gasteiger partial charge on any atom is -0.360 e. The highest BCUT2D eigenvalue weighted by Gasteiger charge is 2.67. The van der Waals surface area contributed by atoms with E-state index in [0.717, 1.165) is 11.4 Å². The van der Waals surface area contributed by atoms with E-state index in [1.165, 1.54) is 11.1 Å². The molecule has 1 spiro atoms. The quantitative estimate of drug-likeness (QED) is 0.729. The highest BCUT2D eigenvalue weighted by atomic mass is 16.5. The fraction of sp³-hybridized carbons (Fsp3) is 0.391. The standard InChI is InChI=1S/C23H22N4O3/c1-14-8-25-17(9-24-14)12-27-13-23-7-6-18(30-23)19(20(23)22(27)29)21(28)26-10-15-4-2-3-5-16(15)11-26/h2-9,18-20H,10-13H2,1H3/t18-,19-,20+,23-/m0/s1. The zero-order valence-electron chi connectivity index (χ0n) is 16.7. The predicted octanol–water partition coefficient (Wildman–Crippen LogP) is 1.61. The van der Waals surface area contributed by atoms with Crippen molar-refractivity contribution in [2.45, 2.75) is 38.3 Å². The van der Waals surface area contributed by atoms with Crippen molar-refractivity contribution in [2.75, 3.05) is 6.54 Å². The summed E-state index contributed by atoms with van der Waals surface area (Å²) in [4.78, 5) is 39.2. The Kier molecular flexibility index (Phi) is 3.68. The Morgan fingerprint density at radius 2 is 1.97 bits per heavy atom. The van der Waals surface area contributed by atoms with Gasteiger partial charge in [-0.1, -0.05) is 36.4 Å². The Balaban J connectivity index is 1.25. The fourth-order valence-corrected chi connectivity index (χ4v) is 5.39. The second-order valence-corrected chi connectivity index (χ2v) is 8.71. The van der Waals surface area contributed by atoms with Gasteiger partial charge < -0.3 is 14.5 Å². The summed E-state index contributed by atoms with van der Waals surface area (Å²) in [5.74, 6) is -0.954. The van der Waals surface area contributed by atoms with Gasteiger partial charge in [0.1, 0.15) is 5.60 Å². The van der Waals surface area contributed by atoms with Gasteiger partial charge in [-0.25, -0.2) is 0 Å². The van der Waals surface area contributed by atoms with Crippen LogP contribution in [0.15, 0.2) is 48.8 Å². The lowest BCUT2D eigenvalue weighted by atomic mass is 9.76. The molecule has 0 unspecified atom stereocenters. The van der Waals surface area contributed by atoms with E-state index in [0.29, 0.717) is 26.2 Å². The van der Waals surface area contributed by atoms with Crippen LogP contribution in [0.25, 0.3) is 0 Å². The molecule has 7 nitrogen and oxygen atoms in total. The Hall–Kier alpha value is -3.06. The van der Waals surface area contributed by atoms with Crippen molar-refractivity contribution in [3.63, 3.8) is 0 Å². The molecule has 0 N–H and O–H groups in total. The molecule has 152 valence electrons. The van der Waals surface area contributed by atoms with Gasteiger partial charge in [0.2, 0.25) is 11.8 Å². The Labute approximate surface area is 174 Å². The SMILES string of the molecule is Cc1cnc(CN2C[C@]34C=C[C@H](O3)[C@H](C(=O)N3Cc5ccccc5C3)[C@@H]4C2=O)cn1. The van der Waals surface area contributed by atoms with Crippen molar-refractivity contribution in [3.05, 3.63) is 71.3 Å². The number of fused-ring (bicyclic) bond motifs is 2. The molecule has 2 aromatic rings. The fourth-order valence-electron chi connectivity index (χ4n) is 5.39. The van der Waals surface area contributed by atoms with E-state index in [4.69, 9.17) is 4.74 Å². The Morgan fingerprint density at radius 3 is 2.67 bits per heavy atom. The van der Waals surface area contributed by atoms with E-state index in [1.54, 1.807) is 17.3 Å². The van der Waals surface area contributed by atoms with Gasteiger partial charge in [-0.2, -0.15) is 0 Å². The molecule has 2 saturated heterocycles. The van der Waals surface area contributed by atoms with Crippen molar-refractivity contribution in [2.24, 2.45) is 11.8 Å². The summed E-state index contributed by atoms with van der Waals surface area (Å²) in [5, 5.41) is 0. The van der Waals surface area contributed by atoms with Gasteiger partial charge >= 0.3 is 0 Å². The molecule has 4 aliphatic heterocycles. The number of nitrogens with zero attached hydrogens (tertiary/aromatic N) is 4. The van der Waals surface area contributed by atoms with Crippen LogP contribution in [-0.2, 0) is 34.0 Å². The second-order valence-electron chi connectivity index (χ2n) is 8.71. The molecule has 7 heteroatoms. The van der Waals surface area contributed by atoms with Crippen LogP contribution in [0.4, 0.5) is 0 Å². The molecular weight excluding hydrogens is 380 g/mol. The predicted molar refractivity (Wildman–Crippen MR) is 107 cm³/mol. The summed E-state index contributed by atoms with van der Waals surface area (Å²) < 4.78 is 6.25. The average Bonchev–Trinajstić information content (AvgIpc) is 3.49. The van der Waals surface area contributed by atoms with E-state index < -0.39 is 17.4 Å². The highest BCUT2D eigenvalue weighted by Crippen LogP contribution is 2.52. The molecule has 4 aliphatic rings. The second kappa shape index (κ2) is 6.22. The Morgan fingerprint density at radius 1 is 1.20 bits per heavy atom. The normalized spacial score (nSPS) is 30.8. The van der Waals surface area contributed by atoms with Crippen LogP contribution in [0.5, 0.6) is 0 Å². The third-order valence-electron chi connectivity index (χ3n) is 6.80. The number of rotatable bonds is 3. The van der Waals surface area contributed by atoms with E-state index in [-0.39, 0.29) is 17.9 Å². The molecule has 2 bridgehead atoms. The lowest BCUT2D eigenvalue weighted by Gasteiger charge is -2.27. The summed E-state index contributed by atoms with van der Waals surface area (Å²) in [5.41, 5.74) is 3.23. The number of hydrogen-bond donors (Lipinski definition) is 0. The molecule has 5 heterocycles. The van der Waals surface area contributed by atoms with Gasteiger partial charge in [-0.05, 0) is 18.1 Å². The van der Waals surface area contributed by atoms with Gasteiger partial charge in [-0.3, -0.25) is 19.6 Å². The minimum atomic E-state index is -0.702. The maximum Gasteiger partial charge on any atom is 0.230 e. The Bertz CT molecular complexity index is 1060. The molecule has 2 amide bonds. The maximum atomic E-state index is 13.5. The maximum absolute atomic E-state index is 13.5. The minimum absolute atomic E-state index is 0.0118. The average molecular weight is 402 g/mol. The monoisotopic (exact) mass is 402 g/mol. The number of carbonyl (C=O) groups excluding carboxylic acids is 2. The molecule has 1 aromatic carbocycles. The van der Waals surface area contributed by atoms with Gasteiger partial charge in [0.15, 0.2) is 0 Å². The largest absolute Gasteiger partial charge is 0.360 e. The molecule has 0 radical (unpaired) electrons. The van der Waals surface area contributed by atoms with Crippen LogP contribution < -0.4 is 0 Å². The molecule has 2 fully saturated rings. The number of hydrogen-bond acceptors (Lipinski definition) is 5. The summed E-state index contributed by atoms with van der Waals surface area (Å²) in [6, 6.07) is 8.12. The lowest BCUT2D eigenvalue weighted by molar-refractivity contribution is -0.143. The summed E-state index contributed by atoms with van der Waals surface area (Å²) in [7, 11) is 0. The van der Waals surface area contributed by atoms with Crippen LogP contribution in [0.3, 0.4) is 0 Å². The first-order chi connectivity index (χ1) is 14.5. The zero-order chi connectivity index (χ0) is 20.5. The first kappa shape index (κ1) is 17.8. The van der Waals surface area contributed by atoms with Crippen LogP contribution in [-0.4, -0.2) is 49.8 Å². The number of ether oxygens (including phenoxy) is 1. The van der Waals surface area contributed by atoms with Gasteiger partial charge in [0.05, 0.1) is 48.6 Å². The molecule has 0 saturated carbocycles. The van der Waals surface area contributed by atoms with E-state index in [9.17, 15) is 9.59 Å². The van der Waals surface area contributed by atoms with Crippen molar-refractivity contribution >= 4 is 11.8 Å². The van der Waals surface area contributed by atoms with Crippen LogP contribution in [0.1, 0.15) is 22.5 Å². The summed E-state index contributed by atoms with van der Waals surface area (Å²) in [6.45, 7) is 3.90. The van der Waals surface area contributed by atoms with Crippen molar-refractivity contribution < 1.29 is 14.3 Å². The first-order valence-corrected chi connectivity index (χ1v) is 10.3. The van der Waals surface area contributed by atoms with Crippen molar-refractivity contribution in [1.29, 1.82) is 0 Å². The van der Waals surface area contributed by atoms with Crippen LogP contribution >= 0.6 is 0 Å². The highest BCUT2D eigenvalue weighted by molar-refractivity contribution is 5.93. The van der Waals surface area contributed by atoms with Crippen molar-refractivity contribution in [1.82, 2.24) is 19.8 Å². The van der Waals surface area contributed by atoms with Gasteiger partial charge in [0, 0.05) is 19.3 Å². The number of aryl methyl sites for hydroxylation is 1. The van der Waals surface area contributed by atoms with Crippen LogP contribution in [0.2, 0.25) is 0 Å². The van der Waals surface area contributed by atoms with Gasteiger partial charge in [-0.15, -0.1) is 0 Å². The molecular formula is C23H22N4O3. The first-order valence-electron chi connectivity index (χ1n) is 10.3. The van der Waals surface area contributed by atoms with E-state index >= 15 is 0 Å². The van der Waals surface area contributed by atoms with Crippen LogP contribution in [0, 0.1) is 18.8 Å². The number of likely N-dealkylation sites (tertiary alicyclic amines) is 1. The molecule has 6 rings (SSSR count). The molecule has 30 heavy (non-hydrogen) atoms. The lowest BCUT2D eigenvalue weighted by Crippen LogP contribution is -2.44. The topological polar surface area (TPSA) is 75.6 Å². The molecule has 4 atom stereocenters. The molecule has 1 aromatic heterocycles. The van der Waals surface area contributed by atoms with E-state index in [1.807, 2.05) is 36.1 Å². The zero-order valence-corrected chi connectivity index (χ0v) is 16.7. The third kappa shape index (κ3) is 2.48. The number of aromatic nitrogens is 2. The number of amides is 2. The third-order valence-corrected chi connectivity index (χ3v) is 6.80. The number of carbonyl (C=O) groups is 2. The van der Waals surface area contributed by atoms with Gasteiger partial charge in [0.25, 0.3) is 0 Å².